The van der Waals surface area contributed by atoms with Crippen molar-refractivity contribution in [2.45, 2.75) is 12.5 Å². The Kier molecular flexibility index (Phi) is 4.65. The van der Waals surface area contributed by atoms with Gasteiger partial charge in [0.15, 0.2) is 0 Å². The average Bonchev–Trinajstić information content (AvgIpc) is 3.45. The maximum atomic E-state index is 12.9. The van der Waals surface area contributed by atoms with Crippen molar-refractivity contribution >= 4 is 28.5 Å². The molecule has 4 heterocycles. The molecule has 1 unspecified atom stereocenters. The number of rotatable bonds is 7. The van der Waals surface area contributed by atoms with Crippen LogP contribution < -0.4 is 11.1 Å². The van der Waals surface area contributed by atoms with E-state index in [4.69, 9.17) is 5.73 Å². The highest BCUT2D eigenvalue weighted by Crippen LogP contribution is 2.19. The number of imidazole rings is 1. The van der Waals surface area contributed by atoms with Gasteiger partial charge in [0.2, 0.25) is 5.78 Å². The number of amides is 2. The molecule has 5 N–H and O–H groups in total. The van der Waals surface area contributed by atoms with Gasteiger partial charge in [-0.3, -0.25) is 19.0 Å². The highest BCUT2D eigenvalue weighted by molar-refractivity contribution is 6.38. The van der Waals surface area contributed by atoms with Crippen molar-refractivity contribution in [3.63, 3.8) is 0 Å². The lowest BCUT2D eigenvalue weighted by molar-refractivity contribution is -0.137. The number of fused-ring (bicyclic) bond motifs is 1. The number of nitrogens with one attached hydrogen (secondary N) is 3. The summed E-state index contributed by atoms with van der Waals surface area (Å²) < 4.78 is 1.49. The third kappa shape index (κ3) is 3.50. The van der Waals surface area contributed by atoms with Gasteiger partial charge in [-0.05, 0) is 17.7 Å². The van der Waals surface area contributed by atoms with Crippen LogP contribution in [-0.4, -0.2) is 48.1 Å². The predicted molar refractivity (Wildman–Crippen MR) is 103 cm³/mol. The number of hydrogen-bond donors (Lipinski definition) is 4. The Bertz CT molecular complexity index is 1190. The molecule has 0 aliphatic rings. The van der Waals surface area contributed by atoms with E-state index in [-0.39, 0.29) is 12.1 Å². The van der Waals surface area contributed by atoms with Crippen molar-refractivity contribution in [3.05, 3.63) is 66.8 Å². The fourth-order valence-corrected chi connectivity index (χ4v) is 3.14. The summed E-state index contributed by atoms with van der Waals surface area (Å²) in [5.74, 6) is -2.08. The highest BCUT2D eigenvalue weighted by atomic mass is 16.2. The second-order valence-corrected chi connectivity index (χ2v) is 6.39. The van der Waals surface area contributed by atoms with Crippen molar-refractivity contribution < 1.29 is 14.4 Å². The summed E-state index contributed by atoms with van der Waals surface area (Å²) in [7, 11) is 0. The lowest BCUT2D eigenvalue weighted by Crippen LogP contribution is -2.47. The first kappa shape index (κ1) is 18.2. The van der Waals surface area contributed by atoms with Gasteiger partial charge >= 0.3 is 0 Å². The zero-order chi connectivity index (χ0) is 20.4. The normalized spacial score (nSPS) is 12.0. The molecule has 4 aromatic rings. The molecule has 0 aliphatic carbocycles. The van der Waals surface area contributed by atoms with E-state index in [2.05, 4.69) is 25.3 Å². The van der Waals surface area contributed by atoms with E-state index in [0.29, 0.717) is 5.82 Å². The van der Waals surface area contributed by atoms with Gasteiger partial charge in [-0.15, -0.1) is 0 Å². The van der Waals surface area contributed by atoms with Crippen LogP contribution in [0.3, 0.4) is 0 Å². The number of carbonyl (C=O) groups is 3. The van der Waals surface area contributed by atoms with Gasteiger partial charge in [-0.2, -0.15) is 0 Å². The molecule has 0 bridgehead atoms. The van der Waals surface area contributed by atoms with E-state index >= 15 is 0 Å². The van der Waals surface area contributed by atoms with Crippen LogP contribution in [0.2, 0.25) is 0 Å². The van der Waals surface area contributed by atoms with Crippen molar-refractivity contribution in [1.29, 1.82) is 0 Å². The van der Waals surface area contributed by atoms with Crippen LogP contribution in [0, 0.1) is 0 Å². The summed E-state index contributed by atoms with van der Waals surface area (Å²) in [5, 5.41) is 3.46. The molecule has 10 nitrogen and oxygen atoms in total. The van der Waals surface area contributed by atoms with Crippen molar-refractivity contribution in [2.75, 3.05) is 0 Å². The number of hydrogen-bond acceptors (Lipinski definition) is 5. The molecular weight excluding hydrogens is 374 g/mol. The first-order valence-electron chi connectivity index (χ1n) is 8.75. The summed E-state index contributed by atoms with van der Waals surface area (Å²) in [6.45, 7) is 0. The molecule has 0 saturated carbocycles. The first-order chi connectivity index (χ1) is 14.0. The molecule has 4 aromatic heterocycles. The molecule has 0 aromatic carbocycles. The topological polar surface area (TPSA) is 152 Å². The van der Waals surface area contributed by atoms with Gasteiger partial charge in [-0.1, -0.05) is 6.07 Å². The monoisotopic (exact) mass is 391 g/mol. The van der Waals surface area contributed by atoms with Crippen LogP contribution in [0.15, 0.2) is 55.5 Å². The minimum Gasteiger partial charge on any atom is -0.365 e. The van der Waals surface area contributed by atoms with Crippen molar-refractivity contribution in [2.24, 2.45) is 5.73 Å². The molecule has 2 amide bonds. The van der Waals surface area contributed by atoms with E-state index in [1.165, 1.54) is 17.1 Å². The van der Waals surface area contributed by atoms with Gasteiger partial charge in [0.25, 0.3) is 11.8 Å². The molecule has 0 saturated heterocycles. The number of aromatic amines is 2. The smallest absolute Gasteiger partial charge is 0.287 e. The average molecular weight is 391 g/mol. The Morgan fingerprint density at radius 3 is 2.83 bits per heavy atom. The minimum absolute atomic E-state index is 0.100. The lowest BCUT2D eigenvalue weighted by atomic mass is 10.0. The third-order valence-corrected chi connectivity index (χ3v) is 4.55. The number of nitrogens with zero attached hydrogens (tertiary/aromatic N) is 3. The van der Waals surface area contributed by atoms with Gasteiger partial charge in [0.1, 0.15) is 23.9 Å². The molecule has 29 heavy (non-hydrogen) atoms. The summed E-state index contributed by atoms with van der Waals surface area (Å²) >= 11 is 0. The number of H-pyrrole nitrogens is 2. The van der Waals surface area contributed by atoms with Crippen molar-refractivity contribution in [1.82, 2.24) is 29.8 Å². The first-order valence-corrected chi connectivity index (χ1v) is 8.75. The number of ketones is 1. The number of primary amides is 1. The summed E-state index contributed by atoms with van der Waals surface area (Å²) in [5.41, 5.74) is 6.98. The van der Waals surface area contributed by atoms with Crippen LogP contribution in [0.1, 0.15) is 16.1 Å². The Balaban J connectivity index is 1.61. The Labute approximate surface area is 164 Å². The molecule has 0 spiro atoms. The Morgan fingerprint density at radius 1 is 1.21 bits per heavy atom. The predicted octanol–water partition coefficient (Wildman–Crippen LogP) is 0.472. The van der Waals surface area contributed by atoms with Crippen LogP contribution >= 0.6 is 0 Å². The van der Waals surface area contributed by atoms with E-state index in [1.54, 1.807) is 43.0 Å². The zero-order valence-corrected chi connectivity index (χ0v) is 15.1. The standard InChI is InChI=1S/C19H17N7O3/c20-18(28)17(27)13(5-11-6-24-14-8-21-7-12(11)14)25-19(29)15-9-22-10-26(15)16-3-1-2-4-23-16/h1-4,6-10,13,21,24H,5H2,(H2,20,28)(H,25,29). The number of aromatic nitrogens is 5. The van der Waals surface area contributed by atoms with Crippen LogP contribution in [0.5, 0.6) is 0 Å². The molecule has 0 radical (unpaired) electrons. The number of carbonyl (C=O) groups excluding carboxylic acids is 3. The third-order valence-electron chi connectivity index (χ3n) is 4.55. The van der Waals surface area contributed by atoms with E-state index < -0.39 is 23.6 Å². The van der Waals surface area contributed by atoms with Crippen LogP contribution in [-0.2, 0) is 16.0 Å². The van der Waals surface area contributed by atoms with Crippen LogP contribution in [0.4, 0.5) is 0 Å². The molecule has 0 fully saturated rings. The Hall–Kier alpha value is -4.21. The number of pyridine rings is 1. The maximum absolute atomic E-state index is 12.9. The van der Waals surface area contributed by atoms with E-state index in [1.807, 2.05) is 0 Å². The molecule has 0 aliphatic heterocycles. The second-order valence-electron chi connectivity index (χ2n) is 6.39. The zero-order valence-electron chi connectivity index (χ0n) is 15.1. The minimum atomic E-state index is -1.12. The quantitative estimate of drug-likeness (QED) is 0.338. The Morgan fingerprint density at radius 2 is 2.07 bits per heavy atom. The van der Waals surface area contributed by atoms with Gasteiger partial charge < -0.3 is 21.0 Å². The largest absolute Gasteiger partial charge is 0.365 e. The molecule has 146 valence electrons. The molecule has 1 atom stereocenters. The lowest BCUT2D eigenvalue weighted by Gasteiger charge is -2.16. The fourth-order valence-electron chi connectivity index (χ4n) is 3.14. The number of nitrogens with two attached hydrogens (primary N) is 1. The van der Waals surface area contributed by atoms with Gasteiger partial charge in [-0.25, -0.2) is 9.97 Å². The molecule has 4 rings (SSSR count). The molecular formula is C19H17N7O3. The van der Waals surface area contributed by atoms with Gasteiger partial charge in [0, 0.05) is 36.6 Å². The van der Waals surface area contributed by atoms with Gasteiger partial charge in [0.05, 0.1) is 11.7 Å². The molecule has 10 heteroatoms. The summed E-state index contributed by atoms with van der Waals surface area (Å²) in [6.07, 6.45) is 9.75. The fraction of sp³-hybridized carbons (Fsp3) is 0.105. The SMILES string of the molecule is NC(=O)C(=O)C(Cc1c[nH]c2c[nH]cc12)NC(=O)c1cncn1-c1ccccn1. The summed E-state index contributed by atoms with van der Waals surface area (Å²) in [6, 6.07) is 4.12. The van der Waals surface area contributed by atoms with Crippen LogP contribution in [0.25, 0.3) is 16.7 Å². The maximum Gasteiger partial charge on any atom is 0.287 e. The van der Waals surface area contributed by atoms with E-state index in [9.17, 15) is 14.4 Å². The second kappa shape index (κ2) is 7.43. The number of Topliss-reactive ketones (excluding diaryl/α,β-unsaturated/α-hetero) is 1. The highest BCUT2D eigenvalue weighted by Gasteiger charge is 2.28. The van der Waals surface area contributed by atoms with Crippen molar-refractivity contribution in [3.8, 4) is 5.82 Å². The summed E-state index contributed by atoms with van der Waals surface area (Å²) in [4.78, 5) is 50.9. The van der Waals surface area contributed by atoms with E-state index in [0.717, 1.165) is 16.5 Å².